The van der Waals surface area contributed by atoms with Crippen molar-refractivity contribution in [2.45, 2.75) is 25.2 Å². The Bertz CT molecular complexity index is 597. The van der Waals surface area contributed by atoms with Gasteiger partial charge in [-0.25, -0.2) is 0 Å². The Morgan fingerprint density at radius 3 is 2.39 bits per heavy atom. The molecule has 123 valence electrons. The third-order valence-electron chi connectivity index (χ3n) is 3.46. The van der Waals surface area contributed by atoms with Crippen LogP contribution in [0.25, 0.3) is 0 Å². The van der Waals surface area contributed by atoms with Crippen LogP contribution in [0.1, 0.15) is 16.7 Å². The molecule has 0 aliphatic rings. The summed E-state index contributed by atoms with van der Waals surface area (Å²) >= 11 is 0. The third kappa shape index (κ3) is 6.04. The molecule has 3 N–H and O–H groups in total. The van der Waals surface area contributed by atoms with Crippen molar-refractivity contribution in [3.63, 3.8) is 0 Å². The highest BCUT2D eigenvalue weighted by Crippen LogP contribution is 2.29. The van der Waals surface area contributed by atoms with Crippen LogP contribution in [0.2, 0.25) is 0 Å². The second-order valence-electron chi connectivity index (χ2n) is 5.42. The first-order valence-electron chi connectivity index (χ1n) is 7.45. The lowest BCUT2D eigenvalue weighted by molar-refractivity contribution is -0.137. The Labute approximate surface area is 134 Å². The monoisotopic (exact) mass is 321 g/mol. The maximum Gasteiger partial charge on any atom is 0.416 e. The molecular formula is C18H20F3N2. The van der Waals surface area contributed by atoms with Crippen molar-refractivity contribution in [3.05, 3.63) is 77.7 Å². The van der Waals surface area contributed by atoms with Gasteiger partial charge < -0.3 is 11.1 Å². The van der Waals surface area contributed by atoms with Crippen molar-refractivity contribution in [2.24, 2.45) is 5.73 Å². The molecule has 2 aromatic carbocycles. The van der Waals surface area contributed by atoms with E-state index in [4.69, 9.17) is 5.73 Å². The first-order valence-corrected chi connectivity index (χ1v) is 7.45. The predicted octanol–water partition coefficient (Wildman–Crippen LogP) is 3.57. The average molecular weight is 321 g/mol. The molecule has 0 fully saturated rings. The summed E-state index contributed by atoms with van der Waals surface area (Å²) in [5.41, 5.74) is 7.10. The molecule has 0 aliphatic carbocycles. The van der Waals surface area contributed by atoms with Crippen molar-refractivity contribution >= 4 is 0 Å². The summed E-state index contributed by atoms with van der Waals surface area (Å²) in [7, 11) is 0. The van der Waals surface area contributed by atoms with Gasteiger partial charge in [-0.2, -0.15) is 13.2 Å². The summed E-state index contributed by atoms with van der Waals surface area (Å²) < 4.78 is 38.0. The van der Waals surface area contributed by atoms with Gasteiger partial charge in [0.15, 0.2) is 0 Å². The lowest BCUT2D eigenvalue weighted by atomic mass is 10.0. The van der Waals surface area contributed by atoms with Crippen LogP contribution in [-0.2, 0) is 19.1 Å². The van der Waals surface area contributed by atoms with E-state index in [-0.39, 0.29) is 6.04 Å². The summed E-state index contributed by atoms with van der Waals surface area (Å²) in [6.07, 6.45) is -2.05. The van der Waals surface area contributed by atoms with Gasteiger partial charge in [-0.05, 0) is 30.0 Å². The Kier molecular flexibility index (Phi) is 6.19. The van der Waals surface area contributed by atoms with Gasteiger partial charge in [-0.1, -0.05) is 48.5 Å². The van der Waals surface area contributed by atoms with Crippen molar-refractivity contribution < 1.29 is 13.2 Å². The highest BCUT2D eigenvalue weighted by atomic mass is 19.4. The van der Waals surface area contributed by atoms with Gasteiger partial charge in [0.1, 0.15) is 0 Å². The van der Waals surface area contributed by atoms with Crippen LogP contribution in [0.15, 0.2) is 54.6 Å². The average Bonchev–Trinajstić information content (AvgIpc) is 2.52. The molecule has 0 unspecified atom stereocenters. The second-order valence-corrected chi connectivity index (χ2v) is 5.42. The zero-order chi connectivity index (χ0) is 16.7. The van der Waals surface area contributed by atoms with Crippen LogP contribution in [0, 0.1) is 6.42 Å². The van der Waals surface area contributed by atoms with E-state index in [9.17, 15) is 13.2 Å². The van der Waals surface area contributed by atoms with Crippen LogP contribution >= 0.6 is 0 Å². The van der Waals surface area contributed by atoms with E-state index in [0.717, 1.165) is 18.7 Å². The lowest BCUT2D eigenvalue weighted by Crippen LogP contribution is -2.29. The molecule has 0 aliphatic heterocycles. The SMILES string of the molecule is N[C@@H]([CH]CNCc1ccccc1)Cc1cccc(C(F)(F)F)c1. The molecule has 2 nitrogen and oxygen atoms in total. The maximum absolute atomic E-state index is 12.7. The van der Waals surface area contributed by atoms with Crippen molar-refractivity contribution in [1.82, 2.24) is 5.32 Å². The third-order valence-corrected chi connectivity index (χ3v) is 3.46. The molecule has 0 bridgehead atoms. The molecular weight excluding hydrogens is 301 g/mol. The minimum absolute atomic E-state index is 0.290. The number of hydrogen-bond donors (Lipinski definition) is 2. The highest BCUT2D eigenvalue weighted by Gasteiger charge is 2.30. The summed E-state index contributed by atoms with van der Waals surface area (Å²) in [5, 5.41) is 3.24. The fourth-order valence-electron chi connectivity index (χ4n) is 2.28. The second kappa shape index (κ2) is 8.13. The van der Waals surface area contributed by atoms with Gasteiger partial charge in [0.2, 0.25) is 0 Å². The first kappa shape index (κ1) is 17.5. The summed E-state index contributed by atoms with van der Waals surface area (Å²) in [6, 6.07) is 15.0. The van der Waals surface area contributed by atoms with Crippen molar-refractivity contribution in [2.75, 3.05) is 6.54 Å². The molecule has 1 radical (unpaired) electrons. The number of nitrogens with two attached hydrogens (primary N) is 1. The molecule has 5 heteroatoms. The summed E-state index contributed by atoms with van der Waals surface area (Å²) in [4.78, 5) is 0. The lowest BCUT2D eigenvalue weighted by Gasteiger charge is -2.14. The fourth-order valence-corrected chi connectivity index (χ4v) is 2.28. The van der Waals surface area contributed by atoms with Gasteiger partial charge in [0, 0.05) is 19.1 Å². The molecule has 0 amide bonds. The van der Waals surface area contributed by atoms with Gasteiger partial charge >= 0.3 is 6.18 Å². The van der Waals surface area contributed by atoms with Crippen LogP contribution in [0.3, 0.4) is 0 Å². The van der Waals surface area contributed by atoms with E-state index < -0.39 is 11.7 Å². The topological polar surface area (TPSA) is 38.0 Å². The quantitative estimate of drug-likeness (QED) is 0.765. The van der Waals surface area contributed by atoms with Crippen molar-refractivity contribution in [1.29, 1.82) is 0 Å². The zero-order valence-corrected chi connectivity index (χ0v) is 12.7. The molecule has 23 heavy (non-hydrogen) atoms. The normalized spacial score (nSPS) is 13.0. The fraction of sp³-hybridized carbons (Fsp3) is 0.278. The molecule has 1 atom stereocenters. The van der Waals surface area contributed by atoms with E-state index in [1.165, 1.54) is 11.6 Å². The summed E-state index contributed by atoms with van der Waals surface area (Å²) in [6.45, 7) is 1.34. The molecule has 0 spiro atoms. The Morgan fingerprint density at radius 2 is 1.70 bits per heavy atom. The Hall–Kier alpha value is -1.85. The minimum atomic E-state index is -4.32. The number of halogens is 3. The zero-order valence-electron chi connectivity index (χ0n) is 12.7. The number of alkyl halides is 3. The van der Waals surface area contributed by atoms with Gasteiger partial charge in [0.05, 0.1) is 5.56 Å². The number of benzene rings is 2. The number of rotatable bonds is 7. The van der Waals surface area contributed by atoms with Gasteiger partial charge in [-0.15, -0.1) is 0 Å². The molecule has 2 aromatic rings. The van der Waals surface area contributed by atoms with Gasteiger partial charge in [0.25, 0.3) is 0 Å². The van der Waals surface area contributed by atoms with E-state index >= 15 is 0 Å². The molecule has 0 heterocycles. The molecule has 2 rings (SSSR count). The predicted molar refractivity (Wildman–Crippen MR) is 85.6 cm³/mol. The van der Waals surface area contributed by atoms with E-state index in [2.05, 4.69) is 5.32 Å². The number of nitrogens with one attached hydrogen (secondary N) is 1. The van der Waals surface area contributed by atoms with E-state index in [0.29, 0.717) is 18.5 Å². The number of hydrogen-bond acceptors (Lipinski definition) is 2. The van der Waals surface area contributed by atoms with Crippen LogP contribution in [-0.4, -0.2) is 12.6 Å². The maximum atomic E-state index is 12.7. The smallest absolute Gasteiger partial charge is 0.327 e. The Balaban J connectivity index is 1.75. The van der Waals surface area contributed by atoms with Crippen LogP contribution < -0.4 is 11.1 Å². The minimum Gasteiger partial charge on any atom is -0.327 e. The largest absolute Gasteiger partial charge is 0.416 e. The molecule has 0 saturated heterocycles. The van der Waals surface area contributed by atoms with Gasteiger partial charge in [-0.3, -0.25) is 0 Å². The van der Waals surface area contributed by atoms with Crippen LogP contribution in [0.5, 0.6) is 0 Å². The van der Waals surface area contributed by atoms with Crippen molar-refractivity contribution in [3.8, 4) is 0 Å². The van der Waals surface area contributed by atoms with E-state index in [1.807, 2.05) is 36.8 Å². The summed E-state index contributed by atoms with van der Waals surface area (Å²) in [5.74, 6) is 0. The van der Waals surface area contributed by atoms with Crippen LogP contribution in [0.4, 0.5) is 13.2 Å². The highest BCUT2D eigenvalue weighted by molar-refractivity contribution is 5.26. The Morgan fingerprint density at radius 1 is 1.00 bits per heavy atom. The molecule has 0 aromatic heterocycles. The van der Waals surface area contributed by atoms with E-state index in [1.54, 1.807) is 6.07 Å². The standard InChI is InChI=1S/C18H20F3N2/c19-18(20,21)16-8-4-7-15(11-16)12-17(22)9-10-23-13-14-5-2-1-3-6-14/h1-9,11,17,23H,10,12-13,22H2/t17-/m0/s1. The molecule has 0 saturated carbocycles. The first-order chi connectivity index (χ1) is 10.9.